The number of anilines is 1. The minimum Gasteiger partial charge on any atom is -0.454 e. The van der Waals surface area contributed by atoms with E-state index in [-0.39, 0.29) is 35.9 Å². The summed E-state index contributed by atoms with van der Waals surface area (Å²) in [6.07, 6.45) is -0.695. The molecule has 8 heteroatoms. The van der Waals surface area contributed by atoms with Crippen LogP contribution in [-0.2, 0) is 10.0 Å². The van der Waals surface area contributed by atoms with Gasteiger partial charge >= 0.3 is 0 Å². The molecule has 1 unspecified atom stereocenters. The van der Waals surface area contributed by atoms with E-state index >= 15 is 0 Å². The standard InChI is InChI=1S/C16H14FNO5S/c17-10-1-3-13-12(7-10)14(19)5-6-18(13)24(20,21)11-2-4-15-16(8-11)23-9-22-15/h1-4,7-8,14,19H,5-6,9H2. The Kier molecular flexibility index (Phi) is 3.40. The Morgan fingerprint density at radius 1 is 1.12 bits per heavy atom. The quantitative estimate of drug-likeness (QED) is 0.898. The first-order chi connectivity index (χ1) is 11.5. The van der Waals surface area contributed by atoms with E-state index in [9.17, 15) is 17.9 Å². The molecule has 2 aromatic rings. The molecular formula is C16H14FNO5S. The van der Waals surface area contributed by atoms with Crippen molar-refractivity contribution < 1.29 is 27.4 Å². The molecule has 0 saturated heterocycles. The average molecular weight is 351 g/mol. The van der Waals surface area contributed by atoms with Crippen molar-refractivity contribution in [3.63, 3.8) is 0 Å². The molecule has 1 N–H and O–H groups in total. The highest BCUT2D eigenvalue weighted by Crippen LogP contribution is 2.39. The highest BCUT2D eigenvalue weighted by molar-refractivity contribution is 7.92. The number of nitrogens with zero attached hydrogens (tertiary/aromatic N) is 1. The van der Waals surface area contributed by atoms with Gasteiger partial charge in [-0.1, -0.05) is 0 Å². The van der Waals surface area contributed by atoms with Crippen LogP contribution in [0.1, 0.15) is 18.1 Å². The molecule has 24 heavy (non-hydrogen) atoms. The fourth-order valence-electron chi connectivity index (χ4n) is 2.95. The van der Waals surface area contributed by atoms with Crippen molar-refractivity contribution in [3.05, 3.63) is 47.8 Å². The van der Waals surface area contributed by atoms with Crippen molar-refractivity contribution in [2.24, 2.45) is 0 Å². The maximum absolute atomic E-state index is 13.5. The van der Waals surface area contributed by atoms with E-state index in [1.54, 1.807) is 6.07 Å². The van der Waals surface area contributed by atoms with Crippen molar-refractivity contribution in [3.8, 4) is 11.5 Å². The second-order valence-electron chi connectivity index (χ2n) is 5.60. The lowest BCUT2D eigenvalue weighted by molar-refractivity contribution is 0.166. The zero-order valence-electron chi connectivity index (χ0n) is 12.5. The summed E-state index contributed by atoms with van der Waals surface area (Å²) in [7, 11) is -3.87. The van der Waals surface area contributed by atoms with E-state index in [2.05, 4.69) is 0 Å². The van der Waals surface area contributed by atoms with E-state index in [1.165, 1.54) is 34.6 Å². The summed E-state index contributed by atoms with van der Waals surface area (Å²) in [6, 6.07) is 8.11. The van der Waals surface area contributed by atoms with Gasteiger partial charge in [-0.2, -0.15) is 0 Å². The van der Waals surface area contributed by atoms with Gasteiger partial charge < -0.3 is 14.6 Å². The molecule has 2 heterocycles. The Morgan fingerprint density at radius 2 is 1.92 bits per heavy atom. The van der Waals surface area contributed by atoms with Crippen molar-refractivity contribution in [1.82, 2.24) is 0 Å². The lowest BCUT2D eigenvalue weighted by Gasteiger charge is -2.33. The smallest absolute Gasteiger partial charge is 0.264 e. The molecule has 2 aliphatic rings. The molecule has 2 aliphatic heterocycles. The number of hydrogen-bond acceptors (Lipinski definition) is 5. The summed E-state index contributed by atoms with van der Waals surface area (Å²) < 4.78 is 51.1. The van der Waals surface area contributed by atoms with Gasteiger partial charge in [0.05, 0.1) is 16.7 Å². The van der Waals surface area contributed by atoms with Crippen LogP contribution in [-0.4, -0.2) is 26.9 Å². The Bertz CT molecular complexity index is 915. The molecule has 0 aromatic heterocycles. The van der Waals surface area contributed by atoms with Gasteiger partial charge in [-0.3, -0.25) is 4.31 Å². The molecule has 0 radical (unpaired) electrons. The van der Waals surface area contributed by atoms with E-state index in [0.717, 1.165) is 0 Å². The van der Waals surface area contributed by atoms with Crippen LogP contribution in [0.25, 0.3) is 0 Å². The first-order valence-corrected chi connectivity index (χ1v) is 8.81. The van der Waals surface area contributed by atoms with Crippen LogP contribution in [0.2, 0.25) is 0 Å². The number of rotatable bonds is 2. The lowest BCUT2D eigenvalue weighted by Crippen LogP contribution is -2.36. The maximum Gasteiger partial charge on any atom is 0.264 e. The van der Waals surface area contributed by atoms with Crippen molar-refractivity contribution in [2.45, 2.75) is 17.4 Å². The molecule has 0 amide bonds. The third-order valence-electron chi connectivity index (χ3n) is 4.15. The predicted molar refractivity (Wildman–Crippen MR) is 83.1 cm³/mol. The second-order valence-corrected chi connectivity index (χ2v) is 7.46. The van der Waals surface area contributed by atoms with Crippen LogP contribution in [0, 0.1) is 5.82 Å². The van der Waals surface area contributed by atoms with Crippen molar-refractivity contribution in [2.75, 3.05) is 17.6 Å². The number of aliphatic hydroxyl groups excluding tert-OH is 1. The molecule has 0 fully saturated rings. The zero-order valence-corrected chi connectivity index (χ0v) is 13.3. The number of benzene rings is 2. The Hall–Kier alpha value is -2.32. The van der Waals surface area contributed by atoms with Crippen LogP contribution >= 0.6 is 0 Å². The summed E-state index contributed by atoms with van der Waals surface area (Å²) in [5.41, 5.74) is 0.554. The Balaban J connectivity index is 1.80. The summed E-state index contributed by atoms with van der Waals surface area (Å²) in [4.78, 5) is 0.0541. The predicted octanol–water partition coefficient (Wildman–Crippen LogP) is 2.19. The molecule has 1 atom stereocenters. The second kappa shape index (κ2) is 5.35. The molecule has 0 spiro atoms. The van der Waals surface area contributed by atoms with E-state index in [0.29, 0.717) is 11.5 Å². The molecule has 2 aromatic carbocycles. The first-order valence-electron chi connectivity index (χ1n) is 7.37. The summed E-state index contributed by atoms with van der Waals surface area (Å²) in [5, 5.41) is 10.0. The highest BCUT2D eigenvalue weighted by Gasteiger charge is 2.33. The normalized spacial score (nSPS) is 19.2. The number of aliphatic hydroxyl groups is 1. The van der Waals surface area contributed by atoms with Gasteiger partial charge in [-0.05, 0) is 36.8 Å². The van der Waals surface area contributed by atoms with Gasteiger partial charge in [-0.25, -0.2) is 12.8 Å². The van der Waals surface area contributed by atoms with Crippen LogP contribution in [0.4, 0.5) is 10.1 Å². The van der Waals surface area contributed by atoms with Crippen LogP contribution in [0.3, 0.4) is 0 Å². The fraction of sp³-hybridized carbons (Fsp3) is 0.250. The Labute approximate surface area is 138 Å². The molecule has 4 rings (SSSR count). The molecule has 0 bridgehead atoms. The summed E-state index contributed by atoms with van der Waals surface area (Å²) in [6.45, 7) is 0.160. The molecule has 6 nitrogen and oxygen atoms in total. The monoisotopic (exact) mass is 351 g/mol. The van der Waals surface area contributed by atoms with Crippen molar-refractivity contribution >= 4 is 15.7 Å². The summed E-state index contributed by atoms with van der Waals surface area (Å²) in [5.74, 6) is 0.341. The van der Waals surface area contributed by atoms with Gasteiger partial charge in [0, 0.05) is 18.2 Å². The number of ether oxygens (including phenoxy) is 2. The average Bonchev–Trinajstić information content (AvgIpc) is 3.03. The van der Waals surface area contributed by atoms with E-state index in [1.807, 2.05) is 0 Å². The lowest BCUT2D eigenvalue weighted by atomic mass is 10.0. The van der Waals surface area contributed by atoms with Crippen molar-refractivity contribution in [1.29, 1.82) is 0 Å². The molecule has 0 aliphatic carbocycles. The maximum atomic E-state index is 13.5. The van der Waals surface area contributed by atoms with Crippen LogP contribution < -0.4 is 13.8 Å². The zero-order chi connectivity index (χ0) is 16.9. The van der Waals surface area contributed by atoms with Gasteiger partial charge in [-0.15, -0.1) is 0 Å². The van der Waals surface area contributed by atoms with Gasteiger partial charge in [0.2, 0.25) is 6.79 Å². The number of halogens is 1. The van der Waals surface area contributed by atoms with Gasteiger partial charge in [0.25, 0.3) is 10.0 Å². The first kappa shape index (κ1) is 15.2. The number of fused-ring (bicyclic) bond motifs is 2. The number of sulfonamides is 1. The highest BCUT2D eigenvalue weighted by atomic mass is 32.2. The molecule has 126 valence electrons. The largest absolute Gasteiger partial charge is 0.454 e. The SMILES string of the molecule is O=S(=O)(c1ccc2c(c1)OCO2)N1CCC(O)c2cc(F)ccc21. The molecular weight excluding hydrogens is 337 g/mol. The van der Waals surface area contributed by atoms with Crippen LogP contribution in [0.5, 0.6) is 11.5 Å². The fourth-order valence-corrected chi connectivity index (χ4v) is 4.47. The topological polar surface area (TPSA) is 76.1 Å². The molecule has 0 saturated carbocycles. The number of hydrogen-bond donors (Lipinski definition) is 1. The van der Waals surface area contributed by atoms with Crippen LogP contribution in [0.15, 0.2) is 41.3 Å². The van der Waals surface area contributed by atoms with E-state index in [4.69, 9.17) is 9.47 Å². The third-order valence-corrected chi connectivity index (χ3v) is 5.96. The minimum atomic E-state index is -3.87. The van der Waals surface area contributed by atoms with Gasteiger partial charge in [0.15, 0.2) is 11.5 Å². The van der Waals surface area contributed by atoms with Gasteiger partial charge in [0.1, 0.15) is 5.82 Å². The minimum absolute atomic E-state index is 0.0524. The third kappa shape index (κ3) is 2.30. The Morgan fingerprint density at radius 3 is 2.75 bits per heavy atom. The summed E-state index contributed by atoms with van der Waals surface area (Å²) >= 11 is 0. The van der Waals surface area contributed by atoms with E-state index < -0.39 is 21.9 Å².